The van der Waals surface area contributed by atoms with E-state index in [1.165, 1.54) is 29.8 Å². The van der Waals surface area contributed by atoms with E-state index in [1.54, 1.807) is 11.8 Å². The molecule has 1 aliphatic rings. The molecule has 0 radical (unpaired) electrons. The van der Waals surface area contributed by atoms with Crippen LogP contribution in [-0.4, -0.2) is 30.3 Å². The number of rotatable bonds is 4. The van der Waals surface area contributed by atoms with E-state index in [2.05, 4.69) is 49.3 Å². The lowest BCUT2D eigenvalue weighted by molar-refractivity contribution is 0.0847. The number of hydrogen-bond donors (Lipinski definition) is 1. The zero-order valence-electron chi connectivity index (χ0n) is 12.3. The maximum Gasteiger partial charge on any atom is 0.0473 e. The summed E-state index contributed by atoms with van der Waals surface area (Å²) < 4.78 is 0. The number of thioether (sulfide) groups is 1. The fourth-order valence-electron chi connectivity index (χ4n) is 3.18. The molecule has 2 nitrogen and oxygen atoms in total. The van der Waals surface area contributed by atoms with Gasteiger partial charge in [0.1, 0.15) is 0 Å². The molecule has 0 saturated carbocycles. The Labute approximate surface area is 121 Å². The molecule has 2 rings (SSSR count). The van der Waals surface area contributed by atoms with Crippen LogP contribution in [0.25, 0.3) is 0 Å². The van der Waals surface area contributed by atoms with Crippen LogP contribution in [0.4, 0.5) is 0 Å². The molecule has 1 heterocycles. The van der Waals surface area contributed by atoms with Crippen LogP contribution < -0.4 is 5.73 Å². The first kappa shape index (κ1) is 14.9. The van der Waals surface area contributed by atoms with Crippen molar-refractivity contribution in [2.45, 2.75) is 43.7 Å². The second-order valence-electron chi connectivity index (χ2n) is 5.74. The highest BCUT2D eigenvalue weighted by molar-refractivity contribution is 7.98. The van der Waals surface area contributed by atoms with E-state index >= 15 is 0 Å². The maximum atomic E-state index is 6.06. The van der Waals surface area contributed by atoms with Crippen LogP contribution >= 0.6 is 11.8 Å². The van der Waals surface area contributed by atoms with Gasteiger partial charge in [-0.1, -0.05) is 19.1 Å². The van der Waals surface area contributed by atoms with Gasteiger partial charge < -0.3 is 5.73 Å². The Kier molecular flexibility index (Phi) is 5.31. The molecule has 1 saturated heterocycles. The first-order chi connectivity index (χ1) is 9.15. The normalized spacial score (nSPS) is 26.3. The van der Waals surface area contributed by atoms with Gasteiger partial charge in [-0.3, -0.25) is 4.90 Å². The van der Waals surface area contributed by atoms with Crippen molar-refractivity contribution in [3.63, 3.8) is 0 Å². The molecule has 3 heteroatoms. The van der Waals surface area contributed by atoms with Gasteiger partial charge in [-0.2, -0.15) is 0 Å². The second kappa shape index (κ2) is 6.78. The Morgan fingerprint density at radius 2 is 2.00 bits per heavy atom. The fourth-order valence-corrected chi connectivity index (χ4v) is 3.59. The van der Waals surface area contributed by atoms with Gasteiger partial charge in [0.15, 0.2) is 0 Å². The largest absolute Gasteiger partial charge is 0.329 e. The molecule has 19 heavy (non-hydrogen) atoms. The molecule has 1 fully saturated rings. The number of likely N-dealkylation sites (tertiary alicyclic amines) is 1. The summed E-state index contributed by atoms with van der Waals surface area (Å²) in [6.07, 6.45) is 4.70. The SMILES string of the molecule is CSc1ccc(C(CN)N2CCC(C)CC2C)cc1. The predicted octanol–water partition coefficient (Wildman–Crippen LogP) is 3.53. The van der Waals surface area contributed by atoms with Crippen LogP contribution in [0.3, 0.4) is 0 Å². The van der Waals surface area contributed by atoms with Crippen molar-refractivity contribution in [2.24, 2.45) is 11.7 Å². The Hall–Kier alpha value is -0.510. The summed E-state index contributed by atoms with van der Waals surface area (Å²) in [4.78, 5) is 3.91. The minimum atomic E-state index is 0.374. The van der Waals surface area contributed by atoms with E-state index in [9.17, 15) is 0 Å². The molecule has 2 N–H and O–H groups in total. The van der Waals surface area contributed by atoms with Crippen molar-refractivity contribution in [1.29, 1.82) is 0 Å². The third-order valence-electron chi connectivity index (χ3n) is 4.31. The van der Waals surface area contributed by atoms with Crippen LogP contribution in [0.5, 0.6) is 0 Å². The number of nitrogens with zero attached hydrogens (tertiary/aromatic N) is 1. The molecule has 3 atom stereocenters. The average molecular weight is 278 g/mol. The van der Waals surface area contributed by atoms with Gasteiger partial charge in [-0.25, -0.2) is 0 Å². The van der Waals surface area contributed by atoms with Gasteiger partial charge >= 0.3 is 0 Å². The number of nitrogens with two attached hydrogens (primary N) is 1. The summed E-state index contributed by atoms with van der Waals surface area (Å²) >= 11 is 1.79. The molecule has 3 unspecified atom stereocenters. The summed E-state index contributed by atoms with van der Waals surface area (Å²) in [6.45, 7) is 6.58. The lowest BCUT2D eigenvalue weighted by Crippen LogP contribution is -2.44. The van der Waals surface area contributed by atoms with E-state index in [1.807, 2.05) is 0 Å². The second-order valence-corrected chi connectivity index (χ2v) is 6.62. The maximum absolute atomic E-state index is 6.06. The van der Waals surface area contributed by atoms with E-state index in [4.69, 9.17) is 5.73 Å². The summed E-state index contributed by atoms with van der Waals surface area (Å²) in [7, 11) is 0. The third-order valence-corrected chi connectivity index (χ3v) is 5.06. The minimum absolute atomic E-state index is 0.374. The van der Waals surface area contributed by atoms with Gasteiger partial charge in [0.05, 0.1) is 0 Å². The van der Waals surface area contributed by atoms with Crippen LogP contribution in [-0.2, 0) is 0 Å². The predicted molar refractivity (Wildman–Crippen MR) is 84.6 cm³/mol. The Balaban J connectivity index is 2.14. The van der Waals surface area contributed by atoms with Crippen LogP contribution in [0.15, 0.2) is 29.2 Å². The van der Waals surface area contributed by atoms with Crippen molar-refractivity contribution in [3.8, 4) is 0 Å². The molecule has 106 valence electrons. The fraction of sp³-hybridized carbons (Fsp3) is 0.625. The van der Waals surface area contributed by atoms with Crippen molar-refractivity contribution < 1.29 is 0 Å². The zero-order valence-corrected chi connectivity index (χ0v) is 13.1. The van der Waals surface area contributed by atoms with Gasteiger partial charge in [-0.15, -0.1) is 11.8 Å². The summed E-state index contributed by atoms with van der Waals surface area (Å²) in [5.41, 5.74) is 7.42. The Bertz CT molecular complexity index is 390. The summed E-state index contributed by atoms with van der Waals surface area (Å²) in [5.74, 6) is 0.851. The first-order valence-electron chi connectivity index (χ1n) is 7.25. The van der Waals surface area contributed by atoms with E-state index < -0.39 is 0 Å². The van der Waals surface area contributed by atoms with Crippen molar-refractivity contribution in [3.05, 3.63) is 29.8 Å². The van der Waals surface area contributed by atoms with E-state index in [-0.39, 0.29) is 0 Å². The quantitative estimate of drug-likeness (QED) is 0.854. The van der Waals surface area contributed by atoms with Gasteiger partial charge in [0.25, 0.3) is 0 Å². The van der Waals surface area contributed by atoms with Gasteiger partial charge in [0, 0.05) is 23.5 Å². The van der Waals surface area contributed by atoms with Gasteiger partial charge in [0.2, 0.25) is 0 Å². The van der Waals surface area contributed by atoms with E-state index in [0.717, 1.165) is 5.92 Å². The van der Waals surface area contributed by atoms with E-state index in [0.29, 0.717) is 18.6 Å². The molecule has 1 aromatic rings. The third kappa shape index (κ3) is 3.53. The highest BCUT2D eigenvalue weighted by atomic mass is 32.2. The Morgan fingerprint density at radius 1 is 1.32 bits per heavy atom. The first-order valence-corrected chi connectivity index (χ1v) is 8.48. The monoisotopic (exact) mass is 278 g/mol. The molecule has 0 aromatic heterocycles. The smallest absolute Gasteiger partial charge is 0.0473 e. The molecule has 1 aliphatic heterocycles. The Morgan fingerprint density at radius 3 is 2.53 bits per heavy atom. The molecule has 0 aliphatic carbocycles. The van der Waals surface area contributed by atoms with Crippen molar-refractivity contribution in [1.82, 2.24) is 4.90 Å². The number of hydrogen-bond acceptors (Lipinski definition) is 3. The molecule has 1 aromatic carbocycles. The lowest BCUT2D eigenvalue weighted by atomic mass is 9.90. The van der Waals surface area contributed by atoms with Crippen LogP contribution in [0, 0.1) is 5.92 Å². The highest BCUT2D eigenvalue weighted by Gasteiger charge is 2.28. The summed E-state index contributed by atoms with van der Waals surface area (Å²) in [5, 5.41) is 0. The standard InChI is InChI=1S/C16H26N2S/c1-12-8-9-18(13(2)10-12)16(11-17)14-4-6-15(19-3)7-5-14/h4-7,12-13,16H,8-11,17H2,1-3H3. The molecule has 0 spiro atoms. The zero-order chi connectivity index (χ0) is 13.8. The number of piperidine rings is 1. The van der Waals surface area contributed by atoms with Crippen molar-refractivity contribution >= 4 is 11.8 Å². The minimum Gasteiger partial charge on any atom is -0.329 e. The topological polar surface area (TPSA) is 29.3 Å². The number of benzene rings is 1. The van der Waals surface area contributed by atoms with Crippen LogP contribution in [0.2, 0.25) is 0 Å². The summed E-state index contributed by atoms with van der Waals surface area (Å²) in [6, 6.07) is 9.91. The molecular weight excluding hydrogens is 252 g/mol. The average Bonchev–Trinajstić information content (AvgIpc) is 2.42. The highest BCUT2D eigenvalue weighted by Crippen LogP contribution is 2.31. The van der Waals surface area contributed by atoms with Gasteiger partial charge in [-0.05, 0) is 56.2 Å². The molecular formula is C16H26N2S. The van der Waals surface area contributed by atoms with Crippen molar-refractivity contribution in [2.75, 3.05) is 19.3 Å². The molecule has 0 amide bonds. The van der Waals surface area contributed by atoms with Crippen LogP contribution in [0.1, 0.15) is 38.3 Å². The molecule has 0 bridgehead atoms. The lowest BCUT2D eigenvalue weighted by Gasteiger charge is -2.41.